The Morgan fingerprint density at radius 1 is 1.54 bits per heavy atom. The first kappa shape index (κ1) is 8.51. The van der Waals surface area contributed by atoms with Crippen molar-refractivity contribution in [2.45, 2.75) is 25.8 Å². The van der Waals surface area contributed by atoms with Crippen molar-refractivity contribution in [1.82, 2.24) is 0 Å². The third kappa shape index (κ3) is 1.11. The number of hydrogen-bond donors (Lipinski definition) is 2. The topological polar surface area (TPSA) is 52.0 Å². The van der Waals surface area contributed by atoms with Crippen molar-refractivity contribution in [1.29, 1.82) is 0 Å². The van der Waals surface area contributed by atoms with Gasteiger partial charge in [0.1, 0.15) is 5.82 Å². The Balaban J connectivity index is 2.70. The van der Waals surface area contributed by atoms with E-state index in [1.165, 1.54) is 6.07 Å². The molecule has 0 bridgehead atoms. The molecule has 3 heteroatoms. The molecule has 70 valence electrons. The summed E-state index contributed by atoms with van der Waals surface area (Å²) in [7, 11) is 0. The highest BCUT2D eigenvalue weighted by Crippen LogP contribution is 2.36. The summed E-state index contributed by atoms with van der Waals surface area (Å²) in [5, 5.41) is 0. The molecule has 0 amide bonds. The molecule has 0 unspecified atom stereocenters. The normalized spacial score (nSPS) is 20.4. The van der Waals surface area contributed by atoms with E-state index in [9.17, 15) is 4.39 Å². The van der Waals surface area contributed by atoms with E-state index >= 15 is 0 Å². The largest absolute Gasteiger partial charge is 0.398 e. The summed E-state index contributed by atoms with van der Waals surface area (Å²) in [5.41, 5.74) is 14.7. The number of nitrogen functional groups attached to an aromatic ring is 1. The van der Waals surface area contributed by atoms with Crippen molar-refractivity contribution >= 4 is 5.69 Å². The van der Waals surface area contributed by atoms with Crippen molar-refractivity contribution in [3.05, 3.63) is 28.6 Å². The minimum atomic E-state index is -0.203. The number of fused-ring (bicyclic) bond motifs is 1. The smallest absolute Gasteiger partial charge is 0.128 e. The summed E-state index contributed by atoms with van der Waals surface area (Å²) in [4.78, 5) is 0. The molecule has 4 N–H and O–H groups in total. The Kier molecular flexibility index (Phi) is 1.77. The highest BCUT2D eigenvalue weighted by atomic mass is 19.1. The molecule has 0 saturated carbocycles. The summed E-state index contributed by atoms with van der Waals surface area (Å²) in [6.45, 7) is 1.90. The monoisotopic (exact) mass is 180 g/mol. The van der Waals surface area contributed by atoms with Gasteiger partial charge in [-0.15, -0.1) is 0 Å². The highest BCUT2D eigenvalue weighted by Gasteiger charge is 2.25. The van der Waals surface area contributed by atoms with Gasteiger partial charge in [-0.25, -0.2) is 4.39 Å². The van der Waals surface area contributed by atoms with Gasteiger partial charge in [-0.1, -0.05) is 0 Å². The fraction of sp³-hybridized carbons (Fsp3) is 0.400. The minimum Gasteiger partial charge on any atom is -0.398 e. The molecule has 0 aromatic heterocycles. The number of rotatable bonds is 0. The average Bonchev–Trinajstić information content (AvgIpc) is 2.44. The van der Waals surface area contributed by atoms with Crippen LogP contribution in [0.1, 0.15) is 29.2 Å². The van der Waals surface area contributed by atoms with Crippen LogP contribution in [-0.4, -0.2) is 0 Å². The Morgan fingerprint density at radius 2 is 2.23 bits per heavy atom. The molecule has 13 heavy (non-hydrogen) atoms. The molecule has 0 spiro atoms. The van der Waals surface area contributed by atoms with E-state index in [0.717, 1.165) is 29.5 Å². The van der Waals surface area contributed by atoms with Crippen molar-refractivity contribution < 1.29 is 4.39 Å². The van der Waals surface area contributed by atoms with E-state index in [0.29, 0.717) is 5.69 Å². The van der Waals surface area contributed by atoms with E-state index in [4.69, 9.17) is 11.5 Å². The van der Waals surface area contributed by atoms with E-state index in [1.807, 2.05) is 6.92 Å². The van der Waals surface area contributed by atoms with Gasteiger partial charge in [0.15, 0.2) is 0 Å². The highest BCUT2D eigenvalue weighted by molar-refractivity contribution is 5.56. The van der Waals surface area contributed by atoms with Crippen LogP contribution in [-0.2, 0) is 6.42 Å². The molecule has 2 rings (SSSR count). The molecular weight excluding hydrogens is 167 g/mol. The van der Waals surface area contributed by atoms with Gasteiger partial charge < -0.3 is 11.5 Å². The summed E-state index contributed by atoms with van der Waals surface area (Å²) < 4.78 is 13.4. The number of anilines is 1. The predicted molar refractivity (Wildman–Crippen MR) is 50.8 cm³/mol. The first-order chi connectivity index (χ1) is 6.11. The zero-order valence-corrected chi connectivity index (χ0v) is 7.60. The standard InChI is InChI=1S/C10H13FN2/c1-5-9(13)4-7(11)6-2-3-8(12)10(5)6/h4,8H,2-3,12-13H2,1H3/t8-/m0/s1. The van der Waals surface area contributed by atoms with Gasteiger partial charge >= 0.3 is 0 Å². The molecule has 1 aromatic carbocycles. The van der Waals surface area contributed by atoms with Crippen molar-refractivity contribution in [2.75, 3.05) is 5.73 Å². The van der Waals surface area contributed by atoms with Crippen LogP contribution < -0.4 is 11.5 Å². The van der Waals surface area contributed by atoms with Gasteiger partial charge in [0.05, 0.1) is 0 Å². The maximum atomic E-state index is 13.4. The van der Waals surface area contributed by atoms with Gasteiger partial charge in [-0.3, -0.25) is 0 Å². The molecule has 0 aliphatic heterocycles. The Bertz CT molecular complexity index is 360. The maximum absolute atomic E-state index is 13.4. The Hall–Kier alpha value is -1.09. The number of nitrogens with two attached hydrogens (primary N) is 2. The van der Waals surface area contributed by atoms with Crippen molar-refractivity contribution in [3.8, 4) is 0 Å². The van der Waals surface area contributed by atoms with Crippen LogP contribution in [0, 0.1) is 12.7 Å². The third-order valence-electron chi connectivity index (χ3n) is 2.81. The zero-order valence-electron chi connectivity index (χ0n) is 7.60. The molecule has 0 fully saturated rings. The van der Waals surface area contributed by atoms with Gasteiger partial charge in [0.25, 0.3) is 0 Å². The van der Waals surface area contributed by atoms with Crippen LogP contribution in [0.3, 0.4) is 0 Å². The molecule has 0 radical (unpaired) electrons. The quantitative estimate of drug-likeness (QED) is 0.596. The lowest BCUT2D eigenvalue weighted by molar-refractivity contribution is 0.613. The summed E-state index contributed by atoms with van der Waals surface area (Å²) in [6, 6.07) is 1.36. The molecule has 1 atom stereocenters. The van der Waals surface area contributed by atoms with Crippen LogP contribution >= 0.6 is 0 Å². The van der Waals surface area contributed by atoms with E-state index in [1.54, 1.807) is 0 Å². The van der Waals surface area contributed by atoms with Gasteiger partial charge in [-0.2, -0.15) is 0 Å². The molecular formula is C10H13FN2. The fourth-order valence-electron chi connectivity index (χ4n) is 2.04. The van der Waals surface area contributed by atoms with E-state index in [2.05, 4.69) is 0 Å². The summed E-state index contributed by atoms with van der Waals surface area (Å²) in [5.74, 6) is -0.203. The predicted octanol–water partition coefficient (Wildman–Crippen LogP) is 1.66. The number of hydrogen-bond acceptors (Lipinski definition) is 2. The van der Waals surface area contributed by atoms with Crippen LogP contribution in [0.5, 0.6) is 0 Å². The molecule has 2 nitrogen and oxygen atoms in total. The minimum absolute atomic E-state index is 0.0343. The molecule has 1 aliphatic carbocycles. The Labute approximate surface area is 76.7 Å². The first-order valence-corrected chi connectivity index (χ1v) is 4.44. The van der Waals surface area contributed by atoms with Crippen molar-refractivity contribution in [3.63, 3.8) is 0 Å². The number of benzene rings is 1. The lowest BCUT2D eigenvalue weighted by Crippen LogP contribution is -2.09. The van der Waals surface area contributed by atoms with Crippen LogP contribution in [0.4, 0.5) is 10.1 Å². The summed E-state index contributed by atoms with van der Waals surface area (Å²) >= 11 is 0. The summed E-state index contributed by atoms with van der Waals surface area (Å²) in [6.07, 6.45) is 1.57. The number of halogens is 1. The van der Waals surface area contributed by atoms with Crippen LogP contribution in [0.25, 0.3) is 0 Å². The zero-order chi connectivity index (χ0) is 9.59. The molecule has 1 aromatic rings. The molecule has 0 saturated heterocycles. The lowest BCUT2D eigenvalue weighted by Gasteiger charge is -2.11. The fourth-order valence-corrected chi connectivity index (χ4v) is 2.04. The molecule has 0 heterocycles. The second kappa shape index (κ2) is 2.70. The van der Waals surface area contributed by atoms with Gasteiger partial charge in [-0.05, 0) is 42.5 Å². The second-order valence-corrected chi connectivity index (χ2v) is 3.61. The third-order valence-corrected chi connectivity index (χ3v) is 2.81. The first-order valence-electron chi connectivity index (χ1n) is 4.44. The lowest BCUT2D eigenvalue weighted by atomic mass is 10.0. The van der Waals surface area contributed by atoms with Crippen LogP contribution in [0.15, 0.2) is 6.07 Å². The average molecular weight is 180 g/mol. The Morgan fingerprint density at radius 3 is 2.92 bits per heavy atom. The second-order valence-electron chi connectivity index (χ2n) is 3.61. The van der Waals surface area contributed by atoms with E-state index in [-0.39, 0.29) is 11.9 Å². The SMILES string of the molecule is Cc1c(N)cc(F)c2c1[C@@H](N)CC2. The molecule has 1 aliphatic rings. The van der Waals surface area contributed by atoms with E-state index < -0.39 is 0 Å². The van der Waals surface area contributed by atoms with Crippen LogP contribution in [0.2, 0.25) is 0 Å². The maximum Gasteiger partial charge on any atom is 0.128 e. The van der Waals surface area contributed by atoms with Gasteiger partial charge in [0.2, 0.25) is 0 Å². The van der Waals surface area contributed by atoms with Crippen molar-refractivity contribution in [2.24, 2.45) is 5.73 Å². The van der Waals surface area contributed by atoms with Gasteiger partial charge in [0, 0.05) is 11.7 Å².